The van der Waals surface area contributed by atoms with Crippen molar-refractivity contribution in [1.82, 2.24) is 14.0 Å². The van der Waals surface area contributed by atoms with Crippen molar-refractivity contribution in [2.45, 2.75) is 179 Å². The second kappa shape index (κ2) is 33.2. The van der Waals surface area contributed by atoms with Gasteiger partial charge in [-0.2, -0.15) is 0 Å². The van der Waals surface area contributed by atoms with Gasteiger partial charge in [-0.3, -0.25) is 28.8 Å². The number of esters is 1. The van der Waals surface area contributed by atoms with Crippen LogP contribution in [-0.2, 0) is 66.4 Å². The maximum Gasteiger partial charge on any atom is 0.377 e. The van der Waals surface area contributed by atoms with Crippen LogP contribution in [0.4, 0.5) is 20.2 Å². The van der Waals surface area contributed by atoms with Gasteiger partial charge in [0.15, 0.2) is 12.6 Å². The molecule has 0 amide bonds. The Balaban J connectivity index is 0.000000361. The summed E-state index contributed by atoms with van der Waals surface area (Å²) in [6, 6.07) is 4.70. The zero-order valence-corrected chi connectivity index (χ0v) is 58.8. The van der Waals surface area contributed by atoms with Crippen molar-refractivity contribution in [3.05, 3.63) is 79.9 Å². The first-order chi connectivity index (χ1) is 44.5. The summed E-state index contributed by atoms with van der Waals surface area (Å²) in [5.41, 5.74) is -0.918. The molecule has 4 aromatic rings. The number of Topliss-reactive ketones (excluding diaryl/α,β-unsaturated/α-hetero) is 3. The number of fused-ring (bicyclic) bond motifs is 2. The highest BCUT2D eigenvalue weighted by molar-refractivity contribution is 6.40. The highest BCUT2D eigenvalue weighted by atomic mass is 19.1. The summed E-state index contributed by atoms with van der Waals surface area (Å²) >= 11 is 0. The standard InChI is InChI=1S/C38H69NO13.2C14H13FN2O4.CH5N/c1-15-26-38(10,45)31(42)21(4)28(40)19(2)17-37(9,47-14)33(52-35-29(41)25(39(11)12)16-20(3)48-35)22(5)30(23(6)34(44)50-26)51-27-18-36(8,46-13)32(43)24(7)49-27;2*1-16(2)11-5-10-7(4-9(11)15)12(18)8(6-17(10)3)13(19)14(20)21;1-2/h19-27,29-33,35,41-43,45H,15-18H2,1-14H3;2*4-6H,1-3H3,(H,20,21);2H2,1H3/t19-,20-,21+,22+,23-,24+,25+,26-,27+,29-,30+,31-,32+,33-,35+,36-,37+,38-;;;/m1.../s1. The minimum Gasteiger partial charge on any atom is -0.475 e. The average Bonchev–Trinajstić information content (AvgIpc) is 0.783. The Morgan fingerprint density at radius 1 is 0.688 bits per heavy atom. The maximum absolute atomic E-state index is 14.2. The van der Waals surface area contributed by atoms with E-state index in [1.807, 2.05) is 32.8 Å². The van der Waals surface area contributed by atoms with E-state index in [2.05, 4.69) is 5.73 Å². The number of carbonyl (C=O) groups excluding carboxylic acids is 4. The number of methoxy groups -OCH3 is 2. The number of hydrogen-bond donors (Lipinski definition) is 7. The van der Waals surface area contributed by atoms with E-state index in [0.29, 0.717) is 17.5 Å². The largest absolute Gasteiger partial charge is 0.475 e. The second-order valence-corrected chi connectivity index (χ2v) is 26.3. The fourth-order valence-electron chi connectivity index (χ4n) is 12.8. The lowest BCUT2D eigenvalue weighted by Gasteiger charge is -2.50. The number of carboxylic acids is 2. The van der Waals surface area contributed by atoms with E-state index in [0.717, 1.165) is 24.5 Å². The van der Waals surface area contributed by atoms with Crippen molar-refractivity contribution in [3.8, 4) is 0 Å². The Morgan fingerprint density at radius 2 is 1.15 bits per heavy atom. The Hall–Kier alpha value is -6.74. The van der Waals surface area contributed by atoms with Gasteiger partial charge in [0, 0.05) is 110 Å². The number of benzene rings is 2. The number of halogens is 2. The molecule has 0 aliphatic carbocycles. The third-order valence-electron chi connectivity index (χ3n) is 18.6. The van der Waals surface area contributed by atoms with Crippen LogP contribution in [0.25, 0.3) is 21.8 Å². The molecule has 0 bridgehead atoms. The lowest BCUT2D eigenvalue weighted by molar-refractivity contribution is -0.319. The van der Waals surface area contributed by atoms with Crippen LogP contribution in [0, 0.1) is 35.3 Å². The second-order valence-electron chi connectivity index (χ2n) is 26.3. The molecule has 29 heteroatoms. The molecule has 3 fully saturated rings. The van der Waals surface area contributed by atoms with E-state index in [4.69, 9.17) is 43.4 Å². The van der Waals surface area contributed by atoms with Gasteiger partial charge < -0.3 is 93.4 Å². The SMILES string of the molecule is CC[C@H]1OC(=O)[C@H](C)[C@@H](O[C@H]2C[C@@](C)(OC)[C@@H](O)[C@H](C)O2)[C@H](C)[C@@H](O[C@@H]2O[C@H](C)C[C@H](N(C)C)[C@H]2O)[C@@](C)(OC)C[C@@H](C)C(=O)[C@H](C)[C@@H](O)[C@]1(C)O.CN.CN(C)c1cc2c(cc1F)c(=O)c(C(=O)C(=O)O)cn2C.CN(C)c1cc2c(cc1F)c(=O)c(C(=O)C(=O)O)cn2C. The number of nitrogens with two attached hydrogens (primary N) is 1. The Bertz CT molecular complexity index is 3420. The average molecular weight is 1360 g/mol. The first kappa shape index (κ1) is 81.7. The molecule has 8 N–H and O–H groups in total. The van der Waals surface area contributed by atoms with Crippen LogP contribution >= 0.6 is 0 Å². The molecule has 2 aromatic heterocycles. The number of aryl methyl sites for hydroxylation is 2. The Morgan fingerprint density at radius 3 is 1.55 bits per heavy atom. The van der Waals surface area contributed by atoms with Crippen molar-refractivity contribution in [3.63, 3.8) is 0 Å². The molecule has 27 nitrogen and oxygen atoms in total. The number of likely N-dealkylation sites (N-methyl/N-ethyl adjacent to an activating group) is 1. The number of pyridine rings is 2. The normalized spacial score (nSPS) is 31.3. The summed E-state index contributed by atoms with van der Waals surface area (Å²) in [5, 5.41) is 62.9. The molecule has 0 unspecified atom stereocenters. The van der Waals surface area contributed by atoms with Crippen LogP contribution in [0.15, 0.2) is 46.2 Å². The third-order valence-corrected chi connectivity index (χ3v) is 18.6. The summed E-state index contributed by atoms with van der Waals surface area (Å²) in [5.74, 6) is -11.8. The topological polar surface area (TPSA) is 368 Å². The molecule has 538 valence electrons. The van der Waals surface area contributed by atoms with Crippen LogP contribution in [0.5, 0.6) is 0 Å². The first-order valence-corrected chi connectivity index (χ1v) is 31.5. The van der Waals surface area contributed by atoms with Crippen molar-refractivity contribution in [2.75, 3.05) is 73.4 Å². The van der Waals surface area contributed by atoms with Gasteiger partial charge in [0.1, 0.15) is 41.3 Å². The van der Waals surface area contributed by atoms with E-state index in [9.17, 15) is 67.6 Å². The van der Waals surface area contributed by atoms with Gasteiger partial charge in [0.05, 0.1) is 81.2 Å². The quantitative estimate of drug-likeness (QED) is 0.0532. The molecule has 3 aliphatic rings. The van der Waals surface area contributed by atoms with Crippen LogP contribution in [0.2, 0.25) is 0 Å². The molecule has 96 heavy (non-hydrogen) atoms. The molecule has 2 aromatic carbocycles. The lowest BCUT2D eigenvalue weighted by atomic mass is 9.74. The smallest absolute Gasteiger partial charge is 0.377 e. The number of anilines is 2. The van der Waals surface area contributed by atoms with Crippen molar-refractivity contribution in [1.29, 1.82) is 0 Å². The summed E-state index contributed by atoms with van der Waals surface area (Å²) in [7, 11) is 18.0. The number of ketones is 3. The molecule has 0 spiro atoms. The fourth-order valence-corrected chi connectivity index (χ4v) is 12.8. The molecule has 3 aliphatic heterocycles. The number of carboxylic acid groups (broad SMARTS) is 2. The highest BCUT2D eigenvalue weighted by Gasteiger charge is 2.54. The molecule has 0 radical (unpaired) electrons. The zero-order valence-electron chi connectivity index (χ0n) is 58.8. The number of aliphatic hydroxyl groups excluding tert-OH is 3. The predicted octanol–water partition coefficient (Wildman–Crippen LogP) is 4.04. The van der Waals surface area contributed by atoms with E-state index >= 15 is 0 Å². The van der Waals surface area contributed by atoms with E-state index in [1.165, 1.54) is 49.5 Å². The van der Waals surface area contributed by atoms with Gasteiger partial charge in [0.25, 0.3) is 11.6 Å². The molecule has 18 atom stereocenters. The van der Waals surface area contributed by atoms with Crippen molar-refractivity contribution < 1.29 is 101 Å². The number of carbonyl (C=O) groups is 6. The first-order valence-electron chi connectivity index (χ1n) is 31.5. The van der Waals surface area contributed by atoms with E-state index in [1.54, 1.807) is 101 Å². The predicted molar refractivity (Wildman–Crippen MR) is 352 cm³/mol. The number of hydrogen-bond acceptors (Lipinski definition) is 23. The van der Waals surface area contributed by atoms with Gasteiger partial charge in [-0.15, -0.1) is 0 Å². The van der Waals surface area contributed by atoms with Gasteiger partial charge in [-0.25, -0.2) is 18.4 Å². The number of rotatable bonds is 14. The number of ether oxygens (including phenoxy) is 7. The highest BCUT2D eigenvalue weighted by Crippen LogP contribution is 2.42. The summed E-state index contributed by atoms with van der Waals surface area (Å²) < 4.78 is 74.7. The number of aliphatic carboxylic acids is 2. The number of aliphatic hydroxyl groups is 4. The summed E-state index contributed by atoms with van der Waals surface area (Å²) in [4.78, 5) is 102. The van der Waals surface area contributed by atoms with E-state index in [-0.39, 0.29) is 59.3 Å². The number of aromatic nitrogens is 2. The van der Waals surface area contributed by atoms with E-state index < -0.39 is 159 Å². The van der Waals surface area contributed by atoms with Crippen molar-refractivity contribution >= 4 is 68.4 Å². The minimum absolute atomic E-state index is 0.0345. The molecule has 5 heterocycles. The Labute approximate surface area is 557 Å². The summed E-state index contributed by atoms with van der Waals surface area (Å²) in [6.07, 6.45) is -6.43. The molecular formula is C67H100F2N6O21. The maximum atomic E-state index is 14.2. The molecule has 0 saturated carbocycles. The fraction of sp³-hybridized carbons (Fsp3) is 0.642. The molecular weight excluding hydrogens is 1260 g/mol. The van der Waals surface area contributed by atoms with Crippen LogP contribution < -0.4 is 26.4 Å². The zero-order chi connectivity index (χ0) is 73.5. The lowest BCUT2D eigenvalue weighted by Crippen LogP contribution is -2.61. The van der Waals surface area contributed by atoms with Gasteiger partial charge >= 0.3 is 17.9 Å². The molecule has 7 rings (SSSR count). The van der Waals surface area contributed by atoms with Gasteiger partial charge in [-0.1, -0.05) is 27.7 Å². The van der Waals surface area contributed by atoms with Crippen LogP contribution in [0.3, 0.4) is 0 Å². The monoisotopic (exact) mass is 1360 g/mol. The van der Waals surface area contributed by atoms with Gasteiger partial charge in [-0.05, 0) is 106 Å². The van der Waals surface area contributed by atoms with Crippen LogP contribution in [0.1, 0.15) is 116 Å². The number of nitrogens with zero attached hydrogens (tertiary/aromatic N) is 5. The molecule has 3 saturated heterocycles. The summed E-state index contributed by atoms with van der Waals surface area (Å²) in [6.45, 7) is 17.1. The van der Waals surface area contributed by atoms with Crippen LogP contribution in [-0.4, -0.2) is 228 Å². The minimum atomic E-state index is -1.96. The van der Waals surface area contributed by atoms with Gasteiger partial charge in [0.2, 0.25) is 10.9 Å². The number of cyclic esters (lactones) is 1. The third kappa shape index (κ3) is 17.7. The van der Waals surface area contributed by atoms with Crippen molar-refractivity contribution in [2.24, 2.45) is 43.5 Å². The Kier molecular flexibility index (Phi) is 28.3.